The van der Waals surface area contributed by atoms with Gasteiger partial charge in [0.05, 0.1) is 12.7 Å². The number of hydrogen-bond acceptors (Lipinski definition) is 2. The number of carbonyl (C=O) groups excluding carboxylic acids is 1. The van der Waals surface area contributed by atoms with Gasteiger partial charge in [-0.2, -0.15) is 0 Å². The van der Waals surface area contributed by atoms with Crippen molar-refractivity contribution in [1.82, 2.24) is 4.90 Å². The highest BCUT2D eigenvalue weighted by Crippen LogP contribution is 2.22. The van der Waals surface area contributed by atoms with Crippen LogP contribution in [-0.2, 0) is 6.54 Å². The molecule has 0 aromatic heterocycles. The SMILES string of the molecule is COc1ccc(C)cc1CN(C)C(=O)c1ccccc1I. The van der Waals surface area contributed by atoms with Gasteiger partial charge in [0, 0.05) is 22.7 Å². The highest BCUT2D eigenvalue weighted by atomic mass is 127. The maximum absolute atomic E-state index is 12.5. The highest BCUT2D eigenvalue weighted by Gasteiger charge is 2.16. The Kier molecular flexibility index (Phi) is 5.22. The van der Waals surface area contributed by atoms with Gasteiger partial charge in [0.25, 0.3) is 5.91 Å². The zero-order valence-corrected chi connectivity index (χ0v) is 14.5. The molecular formula is C17H18INO2. The standard InChI is InChI=1S/C17H18INO2/c1-12-8-9-16(21-3)13(10-12)11-19(2)17(20)14-6-4-5-7-15(14)18/h4-10H,11H2,1-3H3. The van der Waals surface area contributed by atoms with E-state index >= 15 is 0 Å². The average Bonchev–Trinajstić information content (AvgIpc) is 2.47. The van der Waals surface area contributed by atoms with Crippen molar-refractivity contribution < 1.29 is 9.53 Å². The molecule has 0 aliphatic carbocycles. The third kappa shape index (κ3) is 3.75. The quantitative estimate of drug-likeness (QED) is 0.736. The molecule has 1 amide bonds. The molecule has 0 radical (unpaired) electrons. The summed E-state index contributed by atoms with van der Waals surface area (Å²) >= 11 is 2.19. The first-order valence-corrected chi connectivity index (χ1v) is 7.74. The second-order valence-corrected chi connectivity index (χ2v) is 6.12. The summed E-state index contributed by atoms with van der Waals surface area (Å²) in [5, 5.41) is 0. The van der Waals surface area contributed by atoms with Crippen LogP contribution in [0.5, 0.6) is 5.75 Å². The number of rotatable bonds is 4. The summed E-state index contributed by atoms with van der Waals surface area (Å²) in [5.41, 5.74) is 2.90. The Morgan fingerprint density at radius 1 is 1.24 bits per heavy atom. The first kappa shape index (κ1) is 15.8. The van der Waals surface area contributed by atoms with Crippen LogP contribution in [0.1, 0.15) is 21.5 Å². The van der Waals surface area contributed by atoms with Crippen molar-refractivity contribution in [2.24, 2.45) is 0 Å². The van der Waals surface area contributed by atoms with E-state index < -0.39 is 0 Å². The first-order chi connectivity index (χ1) is 10.0. The zero-order chi connectivity index (χ0) is 15.4. The molecule has 2 aromatic rings. The topological polar surface area (TPSA) is 29.5 Å². The fourth-order valence-electron chi connectivity index (χ4n) is 2.20. The molecule has 4 heteroatoms. The van der Waals surface area contributed by atoms with Gasteiger partial charge in [-0.15, -0.1) is 0 Å². The lowest BCUT2D eigenvalue weighted by atomic mass is 10.1. The number of hydrogen-bond donors (Lipinski definition) is 0. The number of halogens is 1. The molecule has 0 saturated carbocycles. The predicted molar refractivity (Wildman–Crippen MR) is 92.7 cm³/mol. The van der Waals surface area contributed by atoms with Crippen molar-refractivity contribution in [2.45, 2.75) is 13.5 Å². The lowest BCUT2D eigenvalue weighted by molar-refractivity contribution is 0.0783. The van der Waals surface area contributed by atoms with Crippen LogP contribution in [0.3, 0.4) is 0 Å². The molecule has 0 saturated heterocycles. The summed E-state index contributed by atoms with van der Waals surface area (Å²) in [5.74, 6) is 0.826. The normalized spacial score (nSPS) is 10.3. The number of carbonyl (C=O) groups is 1. The Labute approximate surface area is 139 Å². The van der Waals surface area contributed by atoms with Crippen LogP contribution >= 0.6 is 22.6 Å². The Morgan fingerprint density at radius 3 is 2.62 bits per heavy atom. The fourth-order valence-corrected chi connectivity index (χ4v) is 2.82. The van der Waals surface area contributed by atoms with Crippen LogP contribution in [0.15, 0.2) is 42.5 Å². The molecule has 0 N–H and O–H groups in total. The van der Waals surface area contributed by atoms with Crippen LogP contribution in [0, 0.1) is 10.5 Å². The second-order valence-electron chi connectivity index (χ2n) is 4.96. The first-order valence-electron chi connectivity index (χ1n) is 6.66. The average molecular weight is 395 g/mol. The Morgan fingerprint density at radius 2 is 1.95 bits per heavy atom. The summed E-state index contributed by atoms with van der Waals surface area (Å²) in [6, 6.07) is 13.6. The van der Waals surface area contributed by atoms with E-state index in [-0.39, 0.29) is 5.91 Å². The molecule has 0 fully saturated rings. The summed E-state index contributed by atoms with van der Waals surface area (Å²) in [4.78, 5) is 14.3. The van der Waals surface area contributed by atoms with Gasteiger partial charge in [0.15, 0.2) is 0 Å². The fraction of sp³-hybridized carbons (Fsp3) is 0.235. The van der Waals surface area contributed by atoms with Crippen molar-refractivity contribution >= 4 is 28.5 Å². The molecule has 2 aromatic carbocycles. The minimum Gasteiger partial charge on any atom is -0.496 e. The van der Waals surface area contributed by atoms with E-state index in [1.165, 1.54) is 0 Å². The van der Waals surface area contributed by atoms with Crippen molar-refractivity contribution in [3.63, 3.8) is 0 Å². The number of methoxy groups -OCH3 is 1. The van der Waals surface area contributed by atoms with Gasteiger partial charge in [-0.1, -0.05) is 29.8 Å². The Bertz CT molecular complexity index is 655. The smallest absolute Gasteiger partial charge is 0.254 e. The minimum atomic E-state index is 0.0172. The van der Waals surface area contributed by atoms with Crippen LogP contribution in [0.4, 0.5) is 0 Å². The maximum Gasteiger partial charge on any atom is 0.254 e. The van der Waals surface area contributed by atoms with Crippen LogP contribution in [-0.4, -0.2) is 25.0 Å². The van der Waals surface area contributed by atoms with E-state index in [2.05, 4.69) is 28.7 Å². The molecule has 3 nitrogen and oxygen atoms in total. The number of amides is 1. The van der Waals surface area contributed by atoms with Crippen molar-refractivity contribution in [3.05, 3.63) is 62.7 Å². The molecular weight excluding hydrogens is 377 g/mol. The van der Waals surface area contributed by atoms with E-state index in [4.69, 9.17) is 4.74 Å². The van der Waals surface area contributed by atoms with Crippen molar-refractivity contribution in [1.29, 1.82) is 0 Å². The van der Waals surface area contributed by atoms with E-state index in [1.54, 1.807) is 12.0 Å². The molecule has 2 rings (SSSR count). The number of aryl methyl sites for hydroxylation is 1. The summed E-state index contributed by atoms with van der Waals surface area (Å²) < 4.78 is 6.33. The molecule has 0 spiro atoms. The van der Waals surface area contributed by atoms with Gasteiger partial charge in [0.2, 0.25) is 0 Å². The molecule has 110 valence electrons. The maximum atomic E-state index is 12.5. The lowest BCUT2D eigenvalue weighted by Gasteiger charge is -2.20. The molecule has 0 aliphatic rings. The van der Waals surface area contributed by atoms with Gasteiger partial charge < -0.3 is 9.64 Å². The van der Waals surface area contributed by atoms with Crippen LogP contribution < -0.4 is 4.74 Å². The molecule has 21 heavy (non-hydrogen) atoms. The second kappa shape index (κ2) is 6.93. The third-order valence-corrected chi connectivity index (χ3v) is 4.24. The lowest BCUT2D eigenvalue weighted by Crippen LogP contribution is -2.27. The van der Waals surface area contributed by atoms with Gasteiger partial charge in [-0.05, 0) is 47.7 Å². The molecule has 0 unspecified atom stereocenters. The summed E-state index contributed by atoms with van der Waals surface area (Å²) in [7, 11) is 3.46. The van der Waals surface area contributed by atoms with E-state index in [0.29, 0.717) is 6.54 Å². The van der Waals surface area contributed by atoms with Crippen molar-refractivity contribution in [2.75, 3.05) is 14.2 Å². The van der Waals surface area contributed by atoms with Crippen LogP contribution in [0.25, 0.3) is 0 Å². The summed E-state index contributed by atoms with van der Waals surface area (Å²) in [6.45, 7) is 2.56. The van der Waals surface area contributed by atoms with E-state index in [0.717, 1.165) is 26.0 Å². The van der Waals surface area contributed by atoms with Gasteiger partial charge in [-0.3, -0.25) is 4.79 Å². The number of benzene rings is 2. The van der Waals surface area contributed by atoms with E-state index in [9.17, 15) is 4.79 Å². The largest absolute Gasteiger partial charge is 0.496 e. The number of ether oxygens (including phenoxy) is 1. The van der Waals surface area contributed by atoms with Gasteiger partial charge in [-0.25, -0.2) is 0 Å². The zero-order valence-electron chi connectivity index (χ0n) is 12.4. The highest BCUT2D eigenvalue weighted by molar-refractivity contribution is 14.1. The minimum absolute atomic E-state index is 0.0172. The Hall–Kier alpha value is -1.56. The monoisotopic (exact) mass is 395 g/mol. The Balaban J connectivity index is 2.22. The van der Waals surface area contributed by atoms with Gasteiger partial charge in [0.1, 0.15) is 5.75 Å². The van der Waals surface area contributed by atoms with Gasteiger partial charge >= 0.3 is 0 Å². The van der Waals surface area contributed by atoms with E-state index in [1.807, 2.05) is 50.4 Å². The van der Waals surface area contributed by atoms with Crippen LogP contribution in [0.2, 0.25) is 0 Å². The molecule has 0 bridgehead atoms. The molecule has 0 heterocycles. The molecule has 0 aliphatic heterocycles. The van der Waals surface area contributed by atoms with Crippen molar-refractivity contribution in [3.8, 4) is 5.75 Å². The predicted octanol–water partition coefficient (Wildman–Crippen LogP) is 3.88. The third-order valence-electron chi connectivity index (χ3n) is 3.29. The molecule has 0 atom stereocenters. The summed E-state index contributed by atoms with van der Waals surface area (Å²) in [6.07, 6.45) is 0. The number of nitrogens with zero attached hydrogens (tertiary/aromatic N) is 1.